The van der Waals surface area contributed by atoms with E-state index >= 15 is 0 Å². The van der Waals surface area contributed by atoms with Gasteiger partial charge < -0.3 is 9.52 Å². The van der Waals surface area contributed by atoms with Crippen LogP contribution in [0.3, 0.4) is 0 Å². The van der Waals surface area contributed by atoms with Crippen LogP contribution in [0, 0.1) is 6.92 Å². The maximum atomic E-state index is 11.1. The molecule has 0 aliphatic rings. The molecule has 1 aromatic carbocycles. The Kier molecular flexibility index (Phi) is 3.46. The Balaban J connectivity index is 2.41. The summed E-state index contributed by atoms with van der Waals surface area (Å²) in [6, 6.07) is 9.46. The van der Waals surface area contributed by atoms with Crippen LogP contribution in [0.25, 0.3) is 11.5 Å². The Hall–Kier alpha value is -2.10. The van der Waals surface area contributed by atoms with Crippen molar-refractivity contribution < 1.29 is 14.3 Å². The average Bonchev–Trinajstić information content (AvgIpc) is 2.73. The Morgan fingerprint density at radius 2 is 2.06 bits per heavy atom. The van der Waals surface area contributed by atoms with E-state index in [1.807, 2.05) is 37.3 Å². The van der Waals surface area contributed by atoms with E-state index in [1.54, 1.807) is 6.92 Å². The molecule has 1 N–H and O–H groups in total. The molecule has 2 rings (SSSR count). The second kappa shape index (κ2) is 5.04. The van der Waals surface area contributed by atoms with Gasteiger partial charge in [-0.1, -0.05) is 25.1 Å². The zero-order valence-corrected chi connectivity index (χ0v) is 10.4. The molecule has 0 aliphatic heterocycles. The first-order chi connectivity index (χ1) is 8.63. The smallest absolute Gasteiger partial charge is 0.314 e. The lowest BCUT2D eigenvalue weighted by atomic mass is 10.0. The van der Waals surface area contributed by atoms with Crippen LogP contribution in [0.5, 0.6) is 0 Å². The molecule has 4 heteroatoms. The Morgan fingerprint density at radius 3 is 2.61 bits per heavy atom. The van der Waals surface area contributed by atoms with Gasteiger partial charge in [0.15, 0.2) is 0 Å². The van der Waals surface area contributed by atoms with E-state index in [-0.39, 0.29) is 0 Å². The Labute approximate surface area is 105 Å². The van der Waals surface area contributed by atoms with Crippen molar-refractivity contribution in [3.63, 3.8) is 0 Å². The number of aromatic nitrogens is 1. The molecule has 94 valence electrons. The van der Waals surface area contributed by atoms with Crippen molar-refractivity contribution in [3.05, 3.63) is 41.8 Å². The highest BCUT2D eigenvalue weighted by Gasteiger charge is 2.25. The van der Waals surface area contributed by atoms with E-state index in [1.165, 1.54) is 0 Å². The Morgan fingerprint density at radius 1 is 1.39 bits per heavy atom. The van der Waals surface area contributed by atoms with E-state index in [2.05, 4.69) is 4.98 Å². The van der Waals surface area contributed by atoms with E-state index in [0.29, 0.717) is 23.8 Å². The molecule has 0 amide bonds. The number of oxazole rings is 1. The predicted octanol–water partition coefficient (Wildman–Crippen LogP) is 3.23. The van der Waals surface area contributed by atoms with Crippen molar-refractivity contribution in [2.24, 2.45) is 0 Å². The van der Waals surface area contributed by atoms with Crippen molar-refractivity contribution in [2.75, 3.05) is 0 Å². The number of aryl methyl sites for hydroxylation is 1. The van der Waals surface area contributed by atoms with Gasteiger partial charge in [-0.15, -0.1) is 0 Å². The number of carbonyl (C=O) groups is 1. The first-order valence-electron chi connectivity index (χ1n) is 5.89. The van der Waals surface area contributed by atoms with E-state index in [9.17, 15) is 4.79 Å². The monoisotopic (exact) mass is 245 g/mol. The number of nitrogens with zero attached hydrogens (tertiary/aromatic N) is 1. The second-order valence-electron chi connectivity index (χ2n) is 4.13. The van der Waals surface area contributed by atoms with Gasteiger partial charge in [-0.25, -0.2) is 4.98 Å². The van der Waals surface area contributed by atoms with Crippen molar-refractivity contribution in [1.82, 2.24) is 4.98 Å². The fourth-order valence-corrected chi connectivity index (χ4v) is 1.91. The summed E-state index contributed by atoms with van der Waals surface area (Å²) in [6.07, 6.45) is 0.486. The van der Waals surface area contributed by atoms with Gasteiger partial charge in [0.05, 0.1) is 5.69 Å². The molecule has 18 heavy (non-hydrogen) atoms. The Bertz CT molecular complexity index is 545. The maximum Gasteiger partial charge on any atom is 0.314 e. The number of aliphatic carboxylic acids is 1. The molecule has 0 saturated heterocycles. The van der Waals surface area contributed by atoms with Gasteiger partial charge in [-0.3, -0.25) is 4.79 Å². The fourth-order valence-electron chi connectivity index (χ4n) is 1.91. The first-order valence-corrected chi connectivity index (χ1v) is 5.89. The highest BCUT2D eigenvalue weighted by molar-refractivity contribution is 5.75. The summed E-state index contributed by atoms with van der Waals surface area (Å²) < 4.78 is 5.62. The minimum Gasteiger partial charge on any atom is -0.481 e. The molecular weight excluding hydrogens is 230 g/mol. The lowest BCUT2D eigenvalue weighted by Gasteiger charge is -2.05. The zero-order valence-electron chi connectivity index (χ0n) is 10.4. The third-order valence-electron chi connectivity index (χ3n) is 2.88. The van der Waals surface area contributed by atoms with Crippen LogP contribution < -0.4 is 0 Å². The number of carboxylic acids is 1. The molecule has 1 unspecified atom stereocenters. The van der Waals surface area contributed by atoms with Gasteiger partial charge in [0.25, 0.3) is 0 Å². The summed E-state index contributed by atoms with van der Waals surface area (Å²) in [4.78, 5) is 15.4. The summed E-state index contributed by atoms with van der Waals surface area (Å²) in [5, 5.41) is 9.14. The average molecular weight is 245 g/mol. The van der Waals surface area contributed by atoms with Crippen molar-refractivity contribution in [3.8, 4) is 11.5 Å². The predicted molar refractivity (Wildman–Crippen MR) is 67.3 cm³/mol. The van der Waals surface area contributed by atoms with Crippen molar-refractivity contribution in [1.29, 1.82) is 0 Å². The lowest BCUT2D eigenvalue weighted by Crippen LogP contribution is -2.10. The third-order valence-corrected chi connectivity index (χ3v) is 2.88. The van der Waals surface area contributed by atoms with Crippen LogP contribution in [0.15, 0.2) is 34.7 Å². The van der Waals surface area contributed by atoms with Gasteiger partial charge >= 0.3 is 5.97 Å². The van der Waals surface area contributed by atoms with E-state index in [4.69, 9.17) is 9.52 Å². The highest BCUT2D eigenvalue weighted by atomic mass is 16.4. The van der Waals surface area contributed by atoms with Crippen LogP contribution >= 0.6 is 0 Å². The molecule has 1 atom stereocenters. The summed E-state index contributed by atoms with van der Waals surface area (Å²) in [7, 11) is 0. The molecule has 0 radical (unpaired) electrons. The quantitative estimate of drug-likeness (QED) is 0.898. The topological polar surface area (TPSA) is 63.3 Å². The summed E-state index contributed by atoms with van der Waals surface area (Å²) in [6.45, 7) is 3.60. The molecule has 0 aliphatic carbocycles. The molecule has 0 bridgehead atoms. The van der Waals surface area contributed by atoms with Crippen LogP contribution in [-0.2, 0) is 4.79 Å². The third kappa shape index (κ3) is 2.27. The van der Waals surface area contributed by atoms with Gasteiger partial charge in [-0.05, 0) is 25.5 Å². The number of benzene rings is 1. The van der Waals surface area contributed by atoms with Gasteiger partial charge in [-0.2, -0.15) is 0 Å². The molecule has 0 spiro atoms. The van der Waals surface area contributed by atoms with E-state index < -0.39 is 11.9 Å². The van der Waals surface area contributed by atoms with Crippen LogP contribution in [0.2, 0.25) is 0 Å². The van der Waals surface area contributed by atoms with Crippen LogP contribution in [-0.4, -0.2) is 16.1 Å². The van der Waals surface area contributed by atoms with Gasteiger partial charge in [0.1, 0.15) is 11.7 Å². The van der Waals surface area contributed by atoms with Crippen LogP contribution in [0.4, 0.5) is 0 Å². The SMILES string of the molecule is CCC(C(=O)O)c1oc(-c2ccccc2)nc1C. The molecule has 1 aromatic heterocycles. The number of carboxylic acid groups (broad SMARTS) is 1. The minimum absolute atomic E-state index is 0.448. The maximum absolute atomic E-state index is 11.1. The normalized spacial score (nSPS) is 12.3. The molecular formula is C14H15NO3. The van der Waals surface area contributed by atoms with Gasteiger partial charge in [0, 0.05) is 5.56 Å². The zero-order chi connectivity index (χ0) is 13.1. The molecule has 0 fully saturated rings. The number of hydrogen-bond acceptors (Lipinski definition) is 3. The highest BCUT2D eigenvalue weighted by Crippen LogP contribution is 2.28. The summed E-state index contributed by atoms with van der Waals surface area (Å²) in [5.74, 6) is -0.585. The fraction of sp³-hybridized carbons (Fsp3) is 0.286. The van der Waals surface area contributed by atoms with Crippen LogP contribution in [0.1, 0.15) is 30.7 Å². The molecule has 4 nitrogen and oxygen atoms in total. The lowest BCUT2D eigenvalue weighted by molar-refractivity contribution is -0.139. The summed E-state index contributed by atoms with van der Waals surface area (Å²) >= 11 is 0. The largest absolute Gasteiger partial charge is 0.481 e. The van der Waals surface area contributed by atoms with Gasteiger partial charge in [0.2, 0.25) is 5.89 Å². The van der Waals surface area contributed by atoms with Crippen molar-refractivity contribution >= 4 is 5.97 Å². The summed E-state index contributed by atoms with van der Waals surface area (Å²) in [5.41, 5.74) is 1.50. The number of rotatable bonds is 4. The van der Waals surface area contributed by atoms with Crippen molar-refractivity contribution in [2.45, 2.75) is 26.2 Å². The minimum atomic E-state index is -0.878. The molecule has 1 heterocycles. The molecule has 2 aromatic rings. The first kappa shape index (κ1) is 12.4. The second-order valence-corrected chi connectivity index (χ2v) is 4.13. The standard InChI is InChI=1S/C14H15NO3/c1-3-11(14(16)17)12-9(2)15-13(18-12)10-7-5-4-6-8-10/h4-8,11H,3H2,1-2H3,(H,16,17). The number of hydrogen-bond donors (Lipinski definition) is 1. The van der Waals surface area contributed by atoms with E-state index in [0.717, 1.165) is 5.56 Å². The molecule has 0 saturated carbocycles.